The molecule has 0 fully saturated rings. The van der Waals surface area contributed by atoms with Crippen molar-refractivity contribution in [1.29, 1.82) is 0 Å². The first-order valence-corrected chi connectivity index (χ1v) is 8.87. The normalized spacial score (nSPS) is 21.5. The lowest BCUT2D eigenvalue weighted by molar-refractivity contribution is -0.136. The number of esters is 1. The molecule has 0 amide bonds. The van der Waals surface area contributed by atoms with Crippen LogP contribution in [-0.2, 0) is 14.3 Å². The molecule has 3 rings (SSSR count). The summed E-state index contributed by atoms with van der Waals surface area (Å²) in [5, 5.41) is 13.2. The van der Waals surface area contributed by atoms with E-state index in [4.69, 9.17) is 9.47 Å². The molecule has 1 heterocycles. The van der Waals surface area contributed by atoms with Crippen LogP contribution in [0.4, 0.5) is 0 Å². The quantitative estimate of drug-likeness (QED) is 0.794. The Morgan fingerprint density at radius 3 is 2.59 bits per heavy atom. The number of benzene rings is 1. The lowest BCUT2D eigenvalue weighted by Crippen LogP contribution is -2.38. The summed E-state index contributed by atoms with van der Waals surface area (Å²) in [6.07, 6.45) is 1.12. The van der Waals surface area contributed by atoms with Crippen molar-refractivity contribution in [2.75, 3.05) is 14.2 Å². The van der Waals surface area contributed by atoms with Crippen LogP contribution in [0.25, 0.3) is 0 Å². The zero-order valence-corrected chi connectivity index (χ0v) is 16.3. The summed E-state index contributed by atoms with van der Waals surface area (Å²) < 4.78 is 10.2. The van der Waals surface area contributed by atoms with Crippen LogP contribution < -0.4 is 10.1 Å². The van der Waals surface area contributed by atoms with Crippen LogP contribution >= 0.6 is 0 Å². The van der Waals surface area contributed by atoms with Crippen molar-refractivity contribution >= 4 is 11.8 Å². The van der Waals surface area contributed by atoms with E-state index in [2.05, 4.69) is 19.2 Å². The summed E-state index contributed by atoms with van der Waals surface area (Å²) >= 11 is 0. The first kappa shape index (κ1) is 19.0. The van der Waals surface area contributed by atoms with E-state index in [1.807, 2.05) is 6.92 Å². The van der Waals surface area contributed by atoms with Crippen molar-refractivity contribution in [3.63, 3.8) is 0 Å². The molecule has 2 N–H and O–H groups in total. The standard InChI is InChI=1S/C21H25NO5/c1-11-17(20(25)27-5)18(12-6-7-14(23)16(8-12)26-4)19-13(22-11)9-21(2,3)10-15(19)24/h6-8,18,22-23H,9-10H2,1-5H3/t18-/m0/s1. The largest absolute Gasteiger partial charge is 0.504 e. The molecular formula is C21H25NO5. The summed E-state index contributed by atoms with van der Waals surface area (Å²) in [6.45, 7) is 5.93. The number of carbonyl (C=O) groups is 2. The minimum absolute atomic E-state index is 0.000751. The number of dihydropyridines is 1. The second kappa shape index (κ2) is 6.76. The van der Waals surface area contributed by atoms with Gasteiger partial charge in [-0.25, -0.2) is 4.79 Å². The van der Waals surface area contributed by atoms with Crippen molar-refractivity contribution in [3.8, 4) is 11.5 Å². The van der Waals surface area contributed by atoms with E-state index in [-0.39, 0.29) is 16.9 Å². The van der Waals surface area contributed by atoms with Crippen LogP contribution in [0.1, 0.15) is 45.1 Å². The molecule has 6 nitrogen and oxygen atoms in total. The number of allylic oxidation sites excluding steroid dienone is 3. The van der Waals surface area contributed by atoms with E-state index in [0.717, 1.165) is 5.70 Å². The van der Waals surface area contributed by atoms with Gasteiger partial charge in [-0.15, -0.1) is 0 Å². The van der Waals surface area contributed by atoms with Crippen LogP contribution in [0, 0.1) is 5.41 Å². The Balaban J connectivity index is 2.22. The zero-order chi connectivity index (χ0) is 19.9. The maximum Gasteiger partial charge on any atom is 0.336 e. The molecule has 0 radical (unpaired) electrons. The molecule has 1 atom stereocenters. The van der Waals surface area contributed by atoms with Gasteiger partial charge in [0, 0.05) is 29.3 Å². The number of phenols is 1. The number of nitrogens with one attached hydrogen (secondary N) is 1. The van der Waals surface area contributed by atoms with Gasteiger partial charge in [0.05, 0.1) is 19.8 Å². The Labute approximate surface area is 158 Å². The summed E-state index contributed by atoms with van der Waals surface area (Å²) in [6, 6.07) is 4.89. The van der Waals surface area contributed by atoms with Gasteiger partial charge in [-0.1, -0.05) is 19.9 Å². The van der Waals surface area contributed by atoms with E-state index in [9.17, 15) is 14.7 Å². The third kappa shape index (κ3) is 3.31. The van der Waals surface area contributed by atoms with Gasteiger partial charge in [0.25, 0.3) is 0 Å². The van der Waals surface area contributed by atoms with Gasteiger partial charge in [0.1, 0.15) is 0 Å². The van der Waals surface area contributed by atoms with Crippen molar-refractivity contribution in [3.05, 3.63) is 46.3 Å². The number of hydrogen-bond donors (Lipinski definition) is 2. The number of carbonyl (C=O) groups excluding carboxylic acids is 2. The first-order chi connectivity index (χ1) is 12.7. The number of rotatable bonds is 3. The van der Waals surface area contributed by atoms with Crippen LogP contribution in [0.5, 0.6) is 11.5 Å². The van der Waals surface area contributed by atoms with Crippen molar-refractivity contribution in [2.24, 2.45) is 5.41 Å². The van der Waals surface area contributed by atoms with Crippen molar-refractivity contribution in [1.82, 2.24) is 5.32 Å². The molecule has 2 aliphatic rings. The van der Waals surface area contributed by atoms with E-state index in [1.165, 1.54) is 20.3 Å². The molecule has 1 aliphatic heterocycles. The summed E-state index contributed by atoms with van der Waals surface area (Å²) in [5.74, 6) is -0.743. The highest BCUT2D eigenvalue weighted by atomic mass is 16.5. The Morgan fingerprint density at radius 2 is 1.96 bits per heavy atom. The molecule has 0 saturated carbocycles. The summed E-state index contributed by atoms with van der Waals surface area (Å²) in [5.41, 5.74) is 3.06. The zero-order valence-electron chi connectivity index (χ0n) is 16.3. The van der Waals surface area contributed by atoms with Gasteiger partial charge in [0.2, 0.25) is 0 Å². The molecule has 1 aliphatic carbocycles. The number of ether oxygens (including phenoxy) is 2. The number of hydrogen-bond acceptors (Lipinski definition) is 6. The van der Waals surface area contributed by atoms with Crippen molar-refractivity contribution < 1.29 is 24.2 Å². The molecule has 0 bridgehead atoms. The molecule has 0 spiro atoms. The fraction of sp³-hybridized carbons (Fsp3) is 0.429. The highest BCUT2D eigenvalue weighted by Gasteiger charge is 2.43. The SMILES string of the molecule is COC(=O)C1=C(C)NC2=C(C(=O)CC(C)(C)C2)[C@H]1c1ccc(O)c(OC)c1. The molecule has 144 valence electrons. The topological polar surface area (TPSA) is 84.9 Å². The van der Waals surface area contributed by atoms with Crippen LogP contribution in [0.2, 0.25) is 0 Å². The number of ketones is 1. The summed E-state index contributed by atoms with van der Waals surface area (Å²) in [4.78, 5) is 25.6. The number of phenolic OH excluding ortho intramolecular Hbond substituents is 1. The Bertz CT molecular complexity index is 879. The average molecular weight is 371 g/mol. The maximum absolute atomic E-state index is 13.1. The van der Waals surface area contributed by atoms with Gasteiger partial charge in [-0.05, 0) is 36.5 Å². The molecule has 1 aromatic rings. The predicted molar refractivity (Wildman–Crippen MR) is 100 cm³/mol. The van der Waals surface area contributed by atoms with Gasteiger partial charge in [-0.2, -0.15) is 0 Å². The average Bonchev–Trinajstić information content (AvgIpc) is 2.59. The highest BCUT2D eigenvalue weighted by molar-refractivity contribution is 6.04. The second-order valence-corrected chi connectivity index (χ2v) is 7.85. The predicted octanol–water partition coefficient (Wildman–Crippen LogP) is 3.18. The third-order valence-electron chi connectivity index (χ3n) is 5.18. The monoisotopic (exact) mass is 371 g/mol. The number of Topliss-reactive ketones (excluding diaryl/α,β-unsaturated/α-hetero) is 1. The molecular weight excluding hydrogens is 346 g/mol. The highest BCUT2D eigenvalue weighted by Crippen LogP contribution is 2.47. The Kier molecular flexibility index (Phi) is 4.76. The smallest absolute Gasteiger partial charge is 0.336 e. The van der Waals surface area contributed by atoms with Gasteiger partial charge in [0.15, 0.2) is 17.3 Å². The number of methoxy groups -OCH3 is 2. The van der Waals surface area contributed by atoms with Gasteiger partial charge in [-0.3, -0.25) is 4.79 Å². The van der Waals surface area contributed by atoms with E-state index < -0.39 is 11.9 Å². The molecule has 0 unspecified atom stereocenters. The van der Waals surface area contributed by atoms with E-state index >= 15 is 0 Å². The molecule has 6 heteroatoms. The lowest BCUT2D eigenvalue weighted by Gasteiger charge is -2.39. The molecule has 0 aromatic heterocycles. The fourth-order valence-electron chi connectivity index (χ4n) is 4.02. The first-order valence-electron chi connectivity index (χ1n) is 8.87. The van der Waals surface area contributed by atoms with Gasteiger partial charge < -0.3 is 19.9 Å². The molecule has 1 aromatic carbocycles. The lowest BCUT2D eigenvalue weighted by atomic mass is 9.68. The van der Waals surface area contributed by atoms with E-state index in [1.54, 1.807) is 12.1 Å². The second-order valence-electron chi connectivity index (χ2n) is 7.85. The Hall–Kier alpha value is -2.76. The van der Waals surface area contributed by atoms with Crippen LogP contribution in [-0.4, -0.2) is 31.1 Å². The Morgan fingerprint density at radius 1 is 1.26 bits per heavy atom. The molecule has 27 heavy (non-hydrogen) atoms. The molecule has 0 saturated heterocycles. The number of aromatic hydroxyl groups is 1. The maximum atomic E-state index is 13.1. The van der Waals surface area contributed by atoms with Crippen LogP contribution in [0.3, 0.4) is 0 Å². The van der Waals surface area contributed by atoms with Crippen LogP contribution in [0.15, 0.2) is 40.7 Å². The third-order valence-corrected chi connectivity index (χ3v) is 5.18. The van der Waals surface area contributed by atoms with Gasteiger partial charge >= 0.3 is 5.97 Å². The minimum atomic E-state index is -0.563. The van der Waals surface area contributed by atoms with E-state index in [0.29, 0.717) is 41.0 Å². The fourth-order valence-corrected chi connectivity index (χ4v) is 4.02. The van der Waals surface area contributed by atoms with Crippen molar-refractivity contribution in [2.45, 2.75) is 39.5 Å². The summed E-state index contributed by atoms with van der Waals surface area (Å²) in [7, 11) is 2.79. The minimum Gasteiger partial charge on any atom is -0.504 e.